The van der Waals surface area contributed by atoms with E-state index in [1.165, 1.54) is 4.57 Å². The van der Waals surface area contributed by atoms with Crippen molar-refractivity contribution in [3.63, 3.8) is 0 Å². The van der Waals surface area contributed by atoms with Crippen LogP contribution in [0.2, 0.25) is 0 Å². The number of aryl methyl sites for hydroxylation is 1. The van der Waals surface area contributed by atoms with Crippen LogP contribution in [0.15, 0.2) is 15.7 Å². The number of hydrogen-bond donors (Lipinski definition) is 2. The highest BCUT2D eigenvalue weighted by Gasteiger charge is 2.31. The van der Waals surface area contributed by atoms with Crippen LogP contribution in [-0.2, 0) is 11.3 Å². The Bertz CT molecular complexity index is 1130. The van der Waals surface area contributed by atoms with Gasteiger partial charge in [0.1, 0.15) is 0 Å². The van der Waals surface area contributed by atoms with Gasteiger partial charge in [-0.05, 0) is 45.6 Å². The van der Waals surface area contributed by atoms with Gasteiger partial charge >= 0.3 is 11.8 Å². The first-order valence-corrected chi connectivity index (χ1v) is 10.8. The maximum Gasteiger partial charge on any atom is 0.407 e. The van der Waals surface area contributed by atoms with E-state index in [0.29, 0.717) is 19.6 Å². The van der Waals surface area contributed by atoms with Crippen LogP contribution in [0.25, 0.3) is 11.0 Å². The fourth-order valence-corrected chi connectivity index (χ4v) is 4.13. The Labute approximate surface area is 178 Å². The molecule has 10 nitrogen and oxygen atoms in total. The molecule has 2 N–H and O–H groups in total. The number of ether oxygens (including phenoxy) is 1. The van der Waals surface area contributed by atoms with E-state index in [-0.39, 0.29) is 41.1 Å². The number of H-pyrrole nitrogens is 1. The summed E-state index contributed by atoms with van der Waals surface area (Å²) >= 11 is 0. The average molecular weight is 429 g/mol. The molecule has 4 rings (SSSR count). The Hall–Kier alpha value is -3.17. The smallest absolute Gasteiger partial charge is 0.407 e. The van der Waals surface area contributed by atoms with Gasteiger partial charge in [0.2, 0.25) is 0 Å². The topological polar surface area (TPSA) is 126 Å². The summed E-state index contributed by atoms with van der Waals surface area (Å²) in [5.74, 6) is -0.0494. The van der Waals surface area contributed by atoms with Crippen LogP contribution < -0.4 is 16.6 Å². The molecule has 1 unspecified atom stereocenters. The van der Waals surface area contributed by atoms with E-state index < -0.39 is 17.3 Å². The lowest BCUT2D eigenvalue weighted by Gasteiger charge is -2.33. The lowest BCUT2D eigenvalue weighted by molar-refractivity contribution is 0.0687. The zero-order valence-electron chi connectivity index (χ0n) is 17.8. The summed E-state index contributed by atoms with van der Waals surface area (Å²) in [7, 11) is 0. The fraction of sp³-hybridized carbons (Fsp3) is 0.571. The van der Waals surface area contributed by atoms with Gasteiger partial charge in [-0.15, -0.1) is 0 Å². The maximum absolute atomic E-state index is 13.5. The summed E-state index contributed by atoms with van der Waals surface area (Å²) in [6, 6.07) is 1.48. The van der Waals surface area contributed by atoms with E-state index >= 15 is 0 Å². The predicted molar refractivity (Wildman–Crippen MR) is 113 cm³/mol. The molecular formula is C21H27N5O5. The van der Waals surface area contributed by atoms with Crippen molar-refractivity contribution >= 4 is 23.0 Å². The van der Waals surface area contributed by atoms with Crippen molar-refractivity contribution in [1.29, 1.82) is 0 Å². The van der Waals surface area contributed by atoms with E-state index in [2.05, 4.69) is 15.3 Å². The second-order valence-corrected chi connectivity index (χ2v) is 8.03. The van der Waals surface area contributed by atoms with Crippen LogP contribution in [0.4, 0.5) is 4.79 Å². The largest absolute Gasteiger partial charge is 0.450 e. The first-order valence-electron chi connectivity index (χ1n) is 10.8. The molecule has 10 heteroatoms. The molecule has 2 aromatic rings. The summed E-state index contributed by atoms with van der Waals surface area (Å²) < 4.78 is 6.33. The van der Waals surface area contributed by atoms with Crippen molar-refractivity contribution in [1.82, 2.24) is 24.8 Å². The molecule has 2 aromatic heterocycles. The van der Waals surface area contributed by atoms with Crippen molar-refractivity contribution < 1.29 is 14.3 Å². The second-order valence-electron chi connectivity index (χ2n) is 8.03. The van der Waals surface area contributed by atoms with Gasteiger partial charge in [-0.3, -0.25) is 19.1 Å². The molecule has 2 amide bonds. The minimum atomic E-state index is -0.610. The number of nitrogens with one attached hydrogen (secondary N) is 2. The van der Waals surface area contributed by atoms with Crippen LogP contribution >= 0.6 is 0 Å². The van der Waals surface area contributed by atoms with Crippen LogP contribution in [0.1, 0.15) is 61.5 Å². The number of pyridine rings is 1. The molecule has 2 aliphatic rings. The highest BCUT2D eigenvalue weighted by molar-refractivity contribution is 6.05. The first kappa shape index (κ1) is 21.1. The number of hydrogen-bond acceptors (Lipinski definition) is 6. The minimum Gasteiger partial charge on any atom is -0.450 e. The van der Waals surface area contributed by atoms with Gasteiger partial charge in [0.25, 0.3) is 11.5 Å². The van der Waals surface area contributed by atoms with Crippen molar-refractivity contribution in [3.05, 3.63) is 38.2 Å². The number of aromatic nitrogens is 3. The third kappa shape index (κ3) is 4.19. The summed E-state index contributed by atoms with van der Waals surface area (Å²) in [4.78, 5) is 58.8. The molecule has 1 saturated heterocycles. The number of fused-ring (bicyclic) bond motifs is 1. The molecule has 31 heavy (non-hydrogen) atoms. The Morgan fingerprint density at radius 3 is 2.71 bits per heavy atom. The lowest BCUT2D eigenvalue weighted by Crippen LogP contribution is -2.50. The highest BCUT2D eigenvalue weighted by atomic mass is 16.5. The highest BCUT2D eigenvalue weighted by Crippen LogP contribution is 2.40. The van der Waals surface area contributed by atoms with Gasteiger partial charge in [-0.2, -0.15) is 0 Å². The molecule has 0 bridgehead atoms. The number of aromatic amines is 1. The third-order valence-electron chi connectivity index (χ3n) is 5.82. The standard InChI is InChI=1S/C21H27N5O5/c1-3-26-17-16(18(27)24-20(26)29)14(10-15(23-17)12-7-8-12)19(28)25-9-5-6-13(11-25)22-21(30)31-4-2/h10,12-13H,3-9,11H2,1-2H3,(H,22,30)(H,24,27,29). The van der Waals surface area contributed by atoms with Gasteiger partial charge < -0.3 is 15.0 Å². The van der Waals surface area contributed by atoms with Crippen LogP contribution in [0.5, 0.6) is 0 Å². The lowest BCUT2D eigenvalue weighted by atomic mass is 10.0. The van der Waals surface area contributed by atoms with E-state index in [9.17, 15) is 19.2 Å². The Kier molecular flexibility index (Phi) is 5.79. The predicted octanol–water partition coefficient (Wildman–Crippen LogP) is 1.33. The Morgan fingerprint density at radius 2 is 2.03 bits per heavy atom. The Morgan fingerprint density at radius 1 is 1.26 bits per heavy atom. The normalized spacial score (nSPS) is 18.8. The third-order valence-corrected chi connectivity index (χ3v) is 5.82. The number of likely N-dealkylation sites (tertiary alicyclic amines) is 1. The molecule has 1 atom stereocenters. The van der Waals surface area contributed by atoms with Gasteiger partial charge in [-0.25, -0.2) is 14.6 Å². The maximum atomic E-state index is 13.5. The van der Waals surface area contributed by atoms with Gasteiger partial charge in [0.05, 0.1) is 17.6 Å². The van der Waals surface area contributed by atoms with Crippen LogP contribution in [0.3, 0.4) is 0 Å². The summed E-state index contributed by atoms with van der Waals surface area (Å²) in [5.41, 5.74) is 0.104. The molecule has 2 fully saturated rings. The number of nitrogens with zero attached hydrogens (tertiary/aromatic N) is 3. The molecular weight excluding hydrogens is 402 g/mol. The van der Waals surface area contributed by atoms with Crippen LogP contribution in [-0.4, -0.2) is 57.2 Å². The van der Waals surface area contributed by atoms with Crippen molar-refractivity contribution in [2.45, 2.75) is 58.0 Å². The van der Waals surface area contributed by atoms with E-state index in [1.54, 1.807) is 24.8 Å². The van der Waals surface area contributed by atoms with Gasteiger partial charge in [-0.1, -0.05) is 0 Å². The number of carbonyl (C=O) groups excluding carboxylic acids is 2. The molecule has 0 radical (unpaired) electrons. The SMILES string of the molecule is CCOC(=O)NC1CCCN(C(=O)c2cc(C3CC3)nc3c2c(=O)[nH]c(=O)n3CC)C1. The quantitative estimate of drug-likeness (QED) is 0.738. The minimum absolute atomic E-state index is 0.135. The zero-order valence-corrected chi connectivity index (χ0v) is 17.8. The number of piperidine rings is 1. The summed E-state index contributed by atoms with van der Waals surface area (Å²) in [5, 5.41) is 2.92. The molecule has 0 aromatic carbocycles. The monoisotopic (exact) mass is 429 g/mol. The zero-order chi connectivity index (χ0) is 22.1. The average Bonchev–Trinajstić information content (AvgIpc) is 3.58. The molecule has 1 aliphatic carbocycles. The number of rotatable bonds is 5. The molecule has 1 saturated carbocycles. The van der Waals surface area contributed by atoms with Crippen molar-refractivity contribution in [2.75, 3.05) is 19.7 Å². The number of alkyl carbamates (subject to hydrolysis) is 1. The molecule has 1 aliphatic heterocycles. The summed E-state index contributed by atoms with van der Waals surface area (Å²) in [6.45, 7) is 4.98. The van der Waals surface area contributed by atoms with Crippen LogP contribution in [0, 0.1) is 0 Å². The Balaban J connectivity index is 1.73. The first-order chi connectivity index (χ1) is 14.9. The molecule has 3 heterocycles. The van der Waals surface area contributed by atoms with Crippen molar-refractivity contribution in [3.8, 4) is 0 Å². The number of carbonyl (C=O) groups is 2. The van der Waals surface area contributed by atoms with Gasteiger partial charge in [0, 0.05) is 37.3 Å². The summed E-state index contributed by atoms with van der Waals surface area (Å²) in [6.07, 6.45) is 2.90. The van der Waals surface area contributed by atoms with Gasteiger partial charge in [0.15, 0.2) is 5.65 Å². The molecule has 0 spiro atoms. The molecule has 166 valence electrons. The number of amides is 2. The van der Waals surface area contributed by atoms with E-state index in [1.807, 2.05) is 0 Å². The fourth-order valence-electron chi connectivity index (χ4n) is 4.13. The van der Waals surface area contributed by atoms with E-state index in [4.69, 9.17) is 4.74 Å². The second kappa shape index (κ2) is 8.52. The van der Waals surface area contributed by atoms with Crippen molar-refractivity contribution in [2.24, 2.45) is 0 Å². The van der Waals surface area contributed by atoms with E-state index in [0.717, 1.165) is 31.4 Å².